The van der Waals surface area contributed by atoms with Crippen LogP contribution < -0.4 is 9.47 Å². The Morgan fingerprint density at radius 1 is 1.00 bits per heavy atom. The van der Waals surface area contributed by atoms with Crippen molar-refractivity contribution < 1.29 is 9.47 Å². The summed E-state index contributed by atoms with van der Waals surface area (Å²) >= 11 is 0. The van der Waals surface area contributed by atoms with Gasteiger partial charge in [0.25, 0.3) is 0 Å². The van der Waals surface area contributed by atoms with Gasteiger partial charge in [0.15, 0.2) is 5.65 Å². The summed E-state index contributed by atoms with van der Waals surface area (Å²) in [6.45, 7) is 0. The van der Waals surface area contributed by atoms with E-state index in [0.29, 0.717) is 5.88 Å². The molecule has 5 nitrogen and oxygen atoms in total. The van der Waals surface area contributed by atoms with Crippen LogP contribution in [0.2, 0.25) is 0 Å². The second-order valence-electron chi connectivity index (χ2n) is 3.70. The van der Waals surface area contributed by atoms with E-state index in [1.54, 1.807) is 17.8 Å². The highest BCUT2D eigenvalue weighted by molar-refractivity contribution is 5.42. The zero-order chi connectivity index (χ0) is 12.4. The van der Waals surface area contributed by atoms with Gasteiger partial charge in [-0.15, -0.1) is 10.2 Å². The lowest BCUT2D eigenvalue weighted by molar-refractivity contribution is 0.412. The van der Waals surface area contributed by atoms with Gasteiger partial charge in [-0.3, -0.25) is 4.40 Å². The molecule has 0 radical (unpaired) electrons. The van der Waals surface area contributed by atoms with E-state index in [1.165, 1.54) is 0 Å². The van der Waals surface area contributed by atoms with Gasteiger partial charge in [0.1, 0.15) is 17.8 Å². The molecular weight excluding hydrogens is 230 g/mol. The van der Waals surface area contributed by atoms with Crippen molar-refractivity contribution in [1.29, 1.82) is 0 Å². The van der Waals surface area contributed by atoms with Gasteiger partial charge in [-0.2, -0.15) is 0 Å². The Hall–Kier alpha value is -2.56. The third kappa shape index (κ3) is 1.86. The fourth-order valence-corrected chi connectivity index (χ4v) is 1.67. The second-order valence-corrected chi connectivity index (χ2v) is 3.70. The Morgan fingerprint density at radius 3 is 2.56 bits per heavy atom. The number of rotatable bonds is 3. The van der Waals surface area contributed by atoms with Crippen LogP contribution in [0.15, 0.2) is 48.8 Å². The molecule has 0 aliphatic rings. The highest BCUT2D eigenvalue weighted by atomic mass is 16.5. The Balaban J connectivity index is 1.93. The molecule has 0 unspecified atom stereocenters. The minimum atomic E-state index is 0.669. The van der Waals surface area contributed by atoms with E-state index in [2.05, 4.69) is 10.2 Å². The molecule has 0 amide bonds. The number of hydrogen-bond acceptors (Lipinski definition) is 4. The fourth-order valence-electron chi connectivity index (χ4n) is 1.67. The number of benzene rings is 1. The monoisotopic (exact) mass is 241 g/mol. The Morgan fingerprint density at radius 2 is 1.78 bits per heavy atom. The van der Waals surface area contributed by atoms with Crippen molar-refractivity contribution in [3.63, 3.8) is 0 Å². The molecule has 18 heavy (non-hydrogen) atoms. The molecule has 1 aromatic carbocycles. The van der Waals surface area contributed by atoms with Crippen LogP contribution in [0.5, 0.6) is 17.4 Å². The van der Waals surface area contributed by atoms with Crippen LogP contribution >= 0.6 is 0 Å². The molecule has 0 spiro atoms. The molecule has 3 rings (SSSR count). The Labute approximate surface area is 104 Å². The van der Waals surface area contributed by atoms with Crippen molar-refractivity contribution in [1.82, 2.24) is 14.6 Å². The minimum Gasteiger partial charge on any atom is -0.497 e. The van der Waals surface area contributed by atoms with Crippen LogP contribution in [-0.4, -0.2) is 21.7 Å². The van der Waals surface area contributed by atoms with Crippen molar-refractivity contribution in [3.8, 4) is 17.4 Å². The maximum absolute atomic E-state index is 5.78. The third-order valence-electron chi connectivity index (χ3n) is 2.58. The van der Waals surface area contributed by atoms with E-state index in [1.807, 2.05) is 42.5 Å². The first-order valence-electron chi connectivity index (χ1n) is 5.47. The quantitative estimate of drug-likeness (QED) is 0.707. The van der Waals surface area contributed by atoms with Crippen LogP contribution in [0.1, 0.15) is 0 Å². The first kappa shape index (κ1) is 10.6. The van der Waals surface area contributed by atoms with Crippen molar-refractivity contribution in [2.45, 2.75) is 0 Å². The standard InChI is InChI=1S/C13H11N3O2/c1-17-10-5-7-11(8-6-10)18-13-4-2-3-12-15-14-9-16(12)13/h2-9H,1H3. The number of aromatic nitrogens is 3. The summed E-state index contributed by atoms with van der Waals surface area (Å²) in [7, 11) is 1.63. The number of fused-ring (bicyclic) bond motifs is 1. The number of methoxy groups -OCH3 is 1. The summed E-state index contributed by atoms with van der Waals surface area (Å²) < 4.78 is 12.7. The van der Waals surface area contributed by atoms with Crippen LogP contribution in [0, 0.1) is 0 Å². The maximum Gasteiger partial charge on any atom is 0.207 e. The molecule has 0 atom stereocenters. The average Bonchev–Trinajstić information content (AvgIpc) is 2.89. The summed E-state index contributed by atoms with van der Waals surface area (Å²) in [5.74, 6) is 2.20. The van der Waals surface area contributed by atoms with E-state index >= 15 is 0 Å². The molecular formula is C13H11N3O2. The van der Waals surface area contributed by atoms with Crippen molar-refractivity contribution in [3.05, 3.63) is 48.8 Å². The number of nitrogens with zero attached hydrogens (tertiary/aromatic N) is 3. The zero-order valence-electron chi connectivity index (χ0n) is 9.78. The van der Waals surface area contributed by atoms with E-state index in [9.17, 15) is 0 Å². The smallest absolute Gasteiger partial charge is 0.207 e. The Bertz CT molecular complexity index is 661. The zero-order valence-corrected chi connectivity index (χ0v) is 9.78. The molecule has 0 N–H and O–H groups in total. The molecule has 2 aromatic heterocycles. The SMILES string of the molecule is COc1ccc(Oc2cccc3nncn23)cc1. The van der Waals surface area contributed by atoms with E-state index < -0.39 is 0 Å². The summed E-state index contributed by atoms with van der Waals surface area (Å²) in [6, 6.07) is 13.0. The second kappa shape index (κ2) is 4.37. The van der Waals surface area contributed by atoms with Gasteiger partial charge in [0.05, 0.1) is 7.11 Å². The van der Waals surface area contributed by atoms with Crippen molar-refractivity contribution >= 4 is 5.65 Å². The highest BCUT2D eigenvalue weighted by Crippen LogP contribution is 2.23. The molecule has 90 valence electrons. The molecule has 3 aromatic rings. The molecule has 0 aliphatic carbocycles. The number of ether oxygens (including phenoxy) is 2. The lowest BCUT2D eigenvalue weighted by atomic mass is 10.3. The maximum atomic E-state index is 5.78. The summed E-state index contributed by atoms with van der Waals surface area (Å²) in [5.41, 5.74) is 0.751. The molecule has 0 fully saturated rings. The van der Waals surface area contributed by atoms with Gasteiger partial charge < -0.3 is 9.47 Å². The average molecular weight is 241 g/mol. The predicted octanol–water partition coefficient (Wildman–Crippen LogP) is 2.53. The van der Waals surface area contributed by atoms with Gasteiger partial charge in [0.2, 0.25) is 5.88 Å². The van der Waals surface area contributed by atoms with Gasteiger partial charge in [-0.1, -0.05) is 6.07 Å². The first-order valence-corrected chi connectivity index (χ1v) is 5.47. The van der Waals surface area contributed by atoms with Gasteiger partial charge in [-0.25, -0.2) is 0 Å². The third-order valence-corrected chi connectivity index (χ3v) is 2.58. The van der Waals surface area contributed by atoms with E-state index in [0.717, 1.165) is 17.1 Å². The lowest BCUT2D eigenvalue weighted by Gasteiger charge is -2.07. The van der Waals surface area contributed by atoms with Crippen LogP contribution in [-0.2, 0) is 0 Å². The number of pyridine rings is 1. The van der Waals surface area contributed by atoms with Crippen LogP contribution in [0.4, 0.5) is 0 Å². The topological polar surface area (TPSA) is 48.7 Å². The van der Waals surface area contributed by atoms with Gasteiger partial charge in [0, 0.05) is 0 Å². The van der Waals surface area contributed by atoms with E-state index in [-0.39, 0.29) is 0 Å². The van der Waals surface area contributed by atoms with Crippen LogP contribution in [0.3, 0.4) is 0 Å². The molecule has 0 bridgehead atoms. The minimum absolute atomic E-state index is 0.669. The molecule has 0 saturated carbocycles. The summed E-state index contributed by atoms with van der Waals surface area (Å²) in [4.78, 5) is 0. The lowest BCUT2D eigenvalue weighted by Crippen LogP contribution is -1.92. The molecule has 2 heterocycles. The normalized spacial score (nSPS) is 10.5. The first-order chi connectivity index (χ1) is 8.86. The van der Waals surface area contributed by atoms with E-state index in [4.69, 9.17) is 9.47 Å². The summed E-state index contributed by atoms with van der Waals surface area (Å²) in [5, 5.41) is 7.81. The largest absolute Gasteiger partial charge is 0.497 e. The molecule has 0 aliphatic heterocycles. The Kier molecular flexibility index (Phi) is 2.57. The van der Waals surface area contributed by atoms with Gasteiger partial charge in [-0.05, 0) is 36.4 Å². The number of hydrogen-bond donors (Lipinski definition) is 0. The molecule has 0 saturated heterocycles. The van der Waals surface area contributed by atoms with Crippen LogP contribution in [0.25, 0.3) is 5.65 Å². The summed E-state index contributed by atoms with van der Waals surface area (Å²) in [6.07, 6.45) is 1.62. The van der Waals surface area contributed by atoms with Crippen molar-refractivity contribution in [2.75, 3.05) is 7.11 Å². The predicted molar refractivity (Wildman–Crippen MR) is 66.1 cm³/mol. The fraction of sp³-hybridized carbons (Fsp3) is 0.0769. The highest BCUT2D eigenvalue weighted by Gasteiger charge is 2.03. The molecule has 5 heteroatoms. The van der Waals surface area contributed by atoms with Gasteiger partial charge >= 0.3 is 0 Å². The van der Waals surface area contributed by atoms with Crippen molar-refractivity contribution in [2.24, 2.45) is 0 Å².